The molecular formula is C17H14Cl2N4O2S. The largest absolute Gasteiger partial charge is 0.496 e. The number of nitrogens with one attached hydrogen (secondary N) is 2. The molecule has 0 aliphatic carbocycles. The number of aromatic amines is 1. The second-order valence-electron chi connectivity index (χ2n) is 5.13. The van der Waals surface area contributed by atoms with Gasteiger partial charge in [-0.2, -0.15) is 0 Å². The van der Waals surface area contributed by atoms with Crippen LogP contribution in [-0.2, 0) is 4.79 Å². The van der Waals surface area contributed by atoms with Gasteiger partial charge in [0, 0.05) is 5.02 Å². The molecule has 0 bridgehead atoms. The van der Waals surface area contributed by atoms with Crippen molar-refractivity contribution < 1.29 is 9.53 Å². The van der Waals surface area contributed by atoms with E-state index in [-0.39, 0.29) is 11.7 Å². The first-order valence-electron chi connectivity index (χ1n) is 7.50. The van der Waals surface area contributed by atoms with Crippen molar-refractivity contribution >= 4 is 46.6 Å². The third kappa shape index (κ3) is 4.49. The van der Waals surface area contributed by atoms with Crippen LogP contribution in [0.2, 0.25) is 10.0 Å². The van der Waals surface area contributed by atoms with Crippen LogP contribution in [0.25, 0.3) is 11.4 Å². The van der Waals surface area contributed by atoms with Crippen LogP contribution < -0.4 is 10.1 Å². The maximum Gasteiger partial charge on any atom is 0.234 e. The zero-order chi connectivity index (χ0) is 18.5. The van der Waals surface area contributed by atoms with Gasteiger partial charge in [-0.3, -0.25) is 9.89 Å². The van der Waals surface area contributed by atoms with Crippen LogP contribution in [0.4, 0.5) is 5.69 Å². The molecule has 3 rings (SSSR count). The topological polar surface area (TPSA) is 79.9 Å². The first-order chi connectivity index (χ1) is 12.6. The van der Waals surface area contributed by atoms with E-state index in [4.69, 9.17) is 27.9 Å². The maximum atomic E-state index is 12.1. The van der Waals surface area contributed by atoms with Crippen LogP contribution in [0.15, 0.2) is 47.6 Å². The van der Waals surface area contributed by atoms with Crippen molar-refractivity contribution in [3.8, 4) is 17.1 Å². The van der Waals surface area contributed by atoms with Crippen LogP contribution in [-0.4, -0.2) is 34.0 Å². The first-order valence-corrected chi connectivity index (χ1v) is 9.24. The summed E-state index contributed by atoms with van der Waals surface area (Å²) in [6.45, 7) is 0. The van der Waals surface area contributed by atoms with E-state index >= 15 is 0 Å². The fraction of sp³-hybridized carbons (Fsp3) is 0.118. The van der Waals surface area contributed by atoms with Gasteiger partial charge in [0.05, 0.1) is 29.1 Å². The van der Waals surface area contributed by atoms with Crippen LogP contribution in [0, 0.1) is 0 Å². The van der Waals surface area contributed by atoms with Crippen molar-refractivity contribution in [1.82, 2.24) is 15.2 Å². The molecule has 9 heteroatoms. The van der Waals surface area contributed by atoms with Gasteiger partial charge in [-0.05, 0) is 30.3 Å². The Morgan fingerprint density at radius 2 is 2.08 bits per heavy atom. The number of aromatic nitrogens is 3. The number of anilines is 1. The number of carbonyl (C=O) groups excluding carboxylic acids is 1. The summed E-state index contributed by atoms with van der Waals surface area (Å²) in [5, 5.41) is 11.2. The second kappa shape index (κ2) is 8.44. The van der Waals surface area contributed by atoms with E-state index in [9.17, 15) is 4.79 Å². The summed E-state index contributed by atoms with van der Waals surface area (Å²) in [5.74, 6) is 1.08. The Hall–Kier alpha value is -2.22. The molecule has 26 heavy (non-hydrogen) atoms. The molecule has 2 N–H and O–H groups in total. The highest BCUT2D eigenvalue weighted by Crippen LogP contribution is 2.31. The molecule has 1 heterocycles. The van der Waals surface area contributed by atoms with E-state index < -0.39 is 0 Å². The fourth-order valence-corrected chi connectivity index (χ4v) is 3.13. The lowest BCUT2D eigenvalue weighted by Crippen LogP contribution is -2.14. The van der Waals surface area contributed by atoms with Crippen LogP contribution in [0.5, 0.6) is 5.75 Å². The summed E-state index contributed by atoms with van der Waals surface area (Å²) in [5.41, 5.74) is 1.26. The number of benzene rings is 2. The molecule has 0 aliphatic heterocycles. The number of nitrogens with zero attached hydrogens (tertiary/aromatic N) is 2. The summed E-state index contributed by atoms with van der Waals surface area (Å²) >= 11 is 13.3. The van der Waals surface area contributed by atoms with Crippen molar-refractivity contribution in [2.24, 2.45) is 0 Å². The highest BCUT2D eigenvalue weighted by Gasteiger charge is 2.13. The summed E-state index contributed by atoms with van der Waals surface area (Å²) in [4.78, 5) is 16.4. The number of rotatable bonds is 6. The maximum absolute atomic E-state index is 12.1. The molecule has 0 unspecified atom stereocenters. The van der Waals surface area contributed by atoms with Gasteiger partial charge < -0.3 is 10.1 Å². The smallest absolute Gasteiger partial charge is 0.234 e. The number of methoxy groups -OCH3 is 1. The molecule has 0 saturated carbocycles. The van der Waals surface area contributed by atoms with Crippen LogP contribution in [0.1, 0.15) is 0 Å². The van der Waals surface area contributed by atoms with E-state index in [2.05, 4.69) is 20.5 Å². The highest BCUT2D eigenvalue weighted by molar-refractivity contribution is 7.99. The number of carbonyl (C=O) groups is 1. The molecule has 134 valence electrons. The molecule has 0 aliphatic rings. The number of hydrogen-bond acceptors (Lipinski definition) is 5. The monoisotopic (exact) mass is 408 g/mol. The van der Waals surface area contributed by atoms with Gasteiger partial charge in [-0.1, -0.05) is 47.1 Å². The van der Waals surface area contributed by atoms with Crippen molar-refractivity contribution in [2.45, 2.75) is 5.16 Å². The van der Waals surface area contributed by atoms with Crippen molar-refractivity contribution in [3.63, 3.8) is 0 Å². The Labute approximate surface area is 164 Å². The predicted molar refractivity (Wildman–Crippen MR) is 104 cm³/mol. The standard InChI is InChI=1S/C17H14Cl2N4O2S/c1-25-14-7-6-10(18)8-11(14)16-21-17(23-22-16)26-9-15(24)20-13-5-3-2-4-12(13)19/h2-8H,9H2,1H3,(H,20,24)(H,21,22,23). The summed E-state index contributed by atoms with van der Waals surface area (Å²) < 4.78 is 5.31. The van der Waals surface area contributed by atoms with Gasteiger partial charge in [-0.15, -0.1) is 5.10 Å². The summed E-state index contributed by atoms with van der Waals surface area (Å²) in [6.07, 6.45) is 0. The number of halogens is 2. The number of amides is 1. The van der Waals surface area contributed by atoms with E-state index in [1.807, 2.05) is 0 Å². The van der Waals surface area contributed by atoms with E-state index in [0.717, 1.165) is 0 Å². The Bertz CT molecular complexity index is 933. The van der Waals surface area contributed by atoms with Crippen LogP contribution >= 0.6 is 35.0 Å². The number of ether oxygens (including phenoxy) is 1. The second-order valence-corrected chi connectivity index (χ2v) is 6.91. The highest BCUT2D eigenvalue weighted by atomic mass is 35.5. The molecule has 0 radical (unpaired) electrons. The Morgan fingerprint density at radius 3 is 2.85 bits per heavy atom. The third-order valence-corrected chi connectivity index (χ3v) is 4.77. The average Bonchev–Trinajstić information content (AvgIpc) is 3.11. The quantitative estimate of drug-likeness (QED) is 0.586. The summed E-state index contributed by atoms with van der Waals surface area (Å²) in [6, 6.07) is 12.3. The lowest BCUT2D eigenvalue weighted by molar-refractivity contribution is -0.113. The fourth-order valence-electron chi connectivity index (χ4n) is 2.18. The van der Waals surface area contributed by atoms with E-state index in [0.29, 0.717) is 38.0 Å². The number of hydrogen-bond donors (Lipinski definition) is 2. The molecule has 1 aromatic heterocycles. The van der Waals surface area contributed by atoms with Crippen molar-refractivity contribution in [3.05, 3.63) is 52.5 Å². The normalized spacial score (nSPS) is 10.6. The minimum atomic E-state index is -0.199. The summed E-state index contributed by atoms with van der Waals surface area (Å²) in [7, 11) is 1.57. The van der Waals surface area contributed by atoms with Crippen molar-refractivity contribution in [2.75, 3.05) is 18.2 Å². The van der Waals surface area contributed by atoms with Crippen LogP contribution in [0.3, 0.4) is 0 Å². The number of H-pyrrole nitrogens is 1. The molecule has 3 aromatic rings. The molecule has 0 atom stereocenters. The molecular weight excluding hydrogens is 395 g/mol. The van der Waals surface area contributed by atoms with E-state index in [1.165, 1.54) is 11.8 Å². The molecule has 0 saturated heterocycles. The van der Waals surface area contributed by atoms with E-state index in [1.54, 1.807) is 49.6 Å². The lowest BCUT2D eigenvalue weighted by Gasteiger charge is -2.06. The molecule has 1 amide bonds. The Morgan fingerprint density at radius 1 is 1.27 bits per heavy atom. The van der Waals surface area contributed by atoms with Crippen molar-refractivity contribution in [1.29, 1.82) is 0 Å². The van der Waals surface area contributed by atoms with Gasteiger partial charge in [0.1, 0.15) is 5.75 Å². The van der Waals surface area contributed by atoms with Gasteiger partial charge >= 0.3 is 0 Å². The van der Waals surface area contributed by atoms with Gasteiger partial charge in [-0.25, -0.2) is 4.98 Å². The number of thioether (sulfide) groups is 1. The zero-order valence-electron chi connectivity index (χ0n) is 13.6. The minimum Gasteiger partial charge on any atom is -0.496 e. The minimum absolute atomic E-state index is 0.148. The molecule has 2 aromatic carbocycles. The molecule has 0 spiro atoms. The molecule has 6 nitrogen and oxygen atoms in total. The SMILES string of the molecule is COc1ccc(Cl)cc1-c1nc(SCC(=O)Nc2ccccc2Cl)n[nH]1. The van der Waals surface area contributed by atoms with Gasteiger partial charge in [0.2, 0.25) is 11.1 Å². The van der Waals surface area contributed by atoms with Gasteiger partial charge in [0.25, 0.3) is 0 Å². The first kappa shape index (κ1) is 18.6. The number of para-hydroxylation sites is 1. The lowest BCUT2D eigenvalue weighted by atomic mass is 10.2. The third-order valence-electron chi connectivity index (χ3n) is 3.36. The average molecular weight is 409 g/mol. The Balaban J connectivity index is 1.65. The molecule has 0 fully saturated rings. The Kier molecular flexibility index (Phi) is 6.03. The zero-order valence-corrected chi connectivity index (χ0v) is 16.0. The predicted octanol–water partition coefficient (Wildman–Crippen LogP) is 4.52. The van der Waals surface area contributed by atoms with Gasteiger partial charge in [0.15, 0.2) is 5.82 Å².